The maximum Gasteiger partial charge on any atom is 0.225 e. The third kappa shape index (κ3) is 3.56. The first kappa shape index (κ1) is 14.8. The molecule has 1 aromatic heterocycles. The minimum Gasteiger partial charge on any atom is -0.382 e. The molecule has 0 spiro atoms. The highest BCUT2D eigenvalue weighted by atomic mass is 15.3. The van der Waals surface area contributed by atoms with Gasteiger partial charge in [-0.3, -0.25) is 0 Å². The Kier molecular flexibility index (Phi) is 4.27. The molecular weight excluding hydrogens is 272 g/mol. The molecule has 1 saturated heterocycles. The molecule has 1 aliphatic rings. The van der Waals surface area contributed by atoms with E-state index in [0.717, 1.165) is 43.3 Å². The van der Waals surface area contributed by atoms with Crippen molar-refractivity contribution >= 4 is 11.6 Å². The van der Waals surface area contributed by atoms with Crippen LogP contribution >= 0.6 is 0 Å². The molecule has 1 N–H and O–H groups in total. The molecule has 4 nitrogen and oxygen atoms in total. The summed E-state index contributed by atoms with van der Waals surface area (Å²) in [6, 6.07) is 11.1. The van der Waals surface area contributed by atoms with Gasteiger partial charge in [0, 0.05) is 36.2 Å². The molecule has 0 atom stereocenters. The first-order chi connectivity index (χ1) is 10.6. The van der Waals surface area contributed by atoms with E-state index < -0.39 is 0 Å². The Balaban J connectivity index is 1.60. The van der Waals surface area contributed by atoms with E-state index in [-0.39, 0.29) is 0 Å². The average Bonchev–Trinajstić information content (AvgIpc) is 2.47. The van der Waals surface area contributed by atoms with Crippen molar-refractivity contribution in [3.05, 3.63) is 47.3 Å². The summed E-state index contributed by atoms with van der Waals surface area (Å²) in [4.78, 5) is 11.4. The molecule has 1 fully saturated rings. The minimum absolute atomic E-state index is 0.531. The van der Waals surface area contributed by atoms with Crippen LogP contribution in [0.25, 0.3) is 0 Å². The van der Waals surface area contributed by atoms with E-state index in [4.69, 9.17) is 0 Å². The van der Waals surface area contributed by atoms with Crippen LogP contribution in [-0.2, 0) is 0 Å². The summed E-state index contributed by atoms with van der Waals surface area (Å²) < 4.78 is 0. The highest BCUT2D eigenvalue weighted by Gasteiger charge is 2.21. The summed E-state index contributed by atoms with van der Waals surface area (Å²) in [5.74, 6) is 0.881. The van der Waals surface area contributed by atoms with Gasteiger partial charge in [-0.15, -0.1) is 0 Å². The smallest absolute Gasteiger partial charge is 0.225 e. The van der Waals surface area contributed by atoms with Crippen molar-refractivity contribution < 1.29 is 0 Å². The lowest BCUT2D eigenvalue weighted by Gasteiger charge is -2.33. The van der Waals surface area contributed by atoms with E-state index in [9.17, 15) is 0 Å². The fraction of sp³-hybridized carbons (Fsp3) is 0.444. The van der Waals surface area contributed by atoms with Gasteiger partial charge < -0.3 is 10.2 Å². The SMILES string of the molecule is Cc1cccc(NC2CCN(c3nc(C)cc(C)n3)CC2)c1. The van der Waals surface area contributed by atoms with Crippen molar-refractivity contribution in [1.29, 1.82) is 0 Å². The van der Waals surface area contributed by atoms with Crippen molar-refractivity contribution in [3.63, 3.8) is 0 Å². The second-order valence-electron chi connectivity index (χ2n) is 6.23. The number of anilines is 2. The molecule has 4 heteroatoms. The maximum atomic E-state index is 4.57. The van der Waals surface area contributed by atoms with E-state index in [1.54, 1.807) is 0 Å². The molecule has 1 aromatic carbocycles. The quantitative estimate of drug-likeness (QED) is 0.941. The summed E-state index contributed by atoms with van der Waals surface area (Å²) >= 11 is 0. The van der Waals surface area contributed by atoms with Crippen LogP contribution in [0.15, 0.2) is 30.3 Å². The van der Waals surface area contributed by atoms with Gasteiger partial charge in [0.1, 0.15) is 0 Å². The van der Waals surface area contributed by atoms with Crippen LogP contribution in [0.4, 0.5) is 11.6 Å². The molecule has 1 aliphatic heterocycles. The fourth-order valence-corrected chi connectivity index (χ4v) is 3.04. The average molecular weight is 296 g/mol. The van der Waals surface area contributed by atoms with Gasteiger partial charge in [0.2, 0.25) is 5.95 Å². The number of nitrogens with one attached hydrogen (secondary N) is 1. The van der Waals surface area contributed by atoms with Gasteiger partial charge in [0.25, 0.3) is 0 Å². The Morgan fingerprint density at radius 1 is 1.00 bits per heavy atom. The van der Waals surface area contributed by atoms with E-state index in [0.29, 0.717) is 6.04 Å². The zero-order chi connectivity index (χ0) is 15.5. The Bertz CT molecular complexity index is 625. The van der Waals surface area contributed by atoms with Crippen molar-refractivity contribution in [1.82, 2.24) is 9.97 Å². The summed E-state index contributed by atoms with van der Waals surface area (Å²) in [5, 5.41) is 3.65. The number of nitrogens with zero attached hydrogens (tertiary/aromatic N) is 3. The van der Waals surface area contributed by atoms with E-state index in [1.807, 2.05) is 19.9 Å². The number of aromatic nitrogens is 2. The highest BCUT2D eigenvalue weighted by Crippen LogP contribution is 2.20. The molecule has 0 amide bonds. The van der Waals surface area contributed by atoms with Crippen LogP contribution in [-0.4, -0.2) is 29.1 Å². The summed E-state index contributed by atoms with van der Waals surface area (Å²) in [6.07, 6.45) is 2.23. The van der Waals surface area contributed by atoms with E-state index >= 15 is 0 Å². The molecule has 116 valence electrons. The molecule has 2 aromatic rings. The van der Waals surface area contributed by atoms with Crippen LogP contribution in [0.3, 0.4) is 0 Å². The van der Waals surface area contributed by atoms with Crippen molar-refractivity contribution in [2.24, 2.45) is 0 Å². The van der Waals surface area contributed by atoms with Gasteiger partial charge in [-0.25, -0.2) is 9.97 Å². The number of benzene rings is 1. The largest absolute Gasteiger partial charge is 0.382 e. The van der Waals surface area contributed by atoms with E-state index in [2.05, 4.69) is 51.4 Å². The number of piperidine rings is 1. The summed E-state index contributed by atoms with van der Waals surface area (Å²) in [5.41, 5.74) is 4.61. The van der Waals surface area contributed by atoms with Gasteiger partial charge in [-0.2, -0.15) is 0 Å². The van der Waals surface area contributed by atoms with Gasteiger partial charge in [0.05, 0.1) is 0 Å². The minimum atomic E-state index is 0.531. The van der Waals surface area contributed by atoms with E-state index in [1.165, 1.54) is 11.3 Å². The molecule has 0 saturated carbocycles. The maximum absolute atomic E-state index is 4.57. The second-order valence-corrected chi connectivity index (χ2v) is 6.23. The summed E-state index contributed by atoms with van der Waals surface area (Å²) in [6.45, 7) is 8.21. The molecule has 22 heavy (non-hydrogen) atoms. The van der Waals surface area contributed by atoms with Crippen LogP contribution in [0.2, 0.25) is 0 Å². The lowest BCUT2D eigenvalue weighted by molar-refractivity contribution is 0.519. The lowest BCUT2D eigenvalue weighted by Crippen LogP contribution is -2.40. The van der Waals surface area contributed by atoms with Gasteiger partial charge in [-0.1, -0.05) is 12.1 Å². The first-order valence-corrected chi connectivity index (χ1v) is 8.00. The third-order valence-electron chi connectivity index (χ3n) is 4.14. The number of hydrogen-bond acceptors (Lipinski definition) is 4. The Morgan fingerprint density at radius 3 is 2.32 bits per heavy atom. The van der Waals surface area contributed by atoms with Crippen molar-refractivity contribution in [2.45, 2.75) is 39.7 Å². The third-order valence-corrected chi connectivity index (χ3v) is 4.14. The van der Waals surface area contributed by atoms with Crippen LogP contribution in [0.5, 0.6) is 0 Å². The van der Waals surface area contributed by atoms with Crippen LogP contribution in [0, 0.1) is 20.8 Å². The van der Waals surface area contributed by atoms with Crippen molar-refractivity contribution in [3.8, 4) is 0 Å². The highest BCUT2D eigenvalue weighted by molar-refractivity contribution is 5.46. The van der Waals surface area contributed by atoms with Gasteiger partial charge in [0.15, 0.2) is 0 Å². The zero-order valence-corrected chi connectivity index (χ0v) is 13.6. The van der Waals surface area contributed by atoms with Crippen LogP contribution in [0.1, 0.15) is 29.8 Å². The summed E-state index contributed by atoms with van der Waals surface area (Å²) in [7, 11) is 0. The van der Waals surface area contributed by atoms with Gasteiger partial charge in [-0.05, 0) is 57.4 Å². The topological polar surface area (TPSA) is 41.0 Å². The van der Waals surface area contributed by atoms with Gasteiger partial charge >= 0.3 is 0 Å². The second kappa shape index (κ2) is 6.34. The first-order valence-electron chi connectivity index (χ1n) is 8.00. The Hall–Kier alpha value is -2.10. The molecular formula is C18H24N4. The normalized spacial score (nSPS) is 15.9. The molecule has 0 radical (unpaired) electrons. The standard InChI is InChI=1S/C18H24N4/c1-13-5-4-6-17(11-13)21-16-7-9-22(10-8-16)18-19-14(2)12-15(3)20-18/h4-6,11-12,16,21H,7-10H2,1-3H3. The monoisotopic (exact) mass is 296 g/mol. The Morgan fingerprint density at radius 2 is 1.68 bits per heavy atom. The molecule has 2 heterocycles. The molecule has 0 bridgehead atoms. The van der Waals surface area contributed by atoms with Crippen molar-refractivity contribution in [2.75, 3.05) is 23.3 Å². The predicted octanol–water partition coefficient (Wildman–Crippen LogP) is 3.48. The molecule has 0 aliphatic carbocycles. The number of hydrogen-bond donors (Lipinski definition) is 1. The predicted molar refractivity (Wildman–Crippen MR) is 91.5 cm³/mol. The zero-order valence-electron chi connectivity index (χ0n) is 13.6. The number of aryl methyl sites for hydroxylation is 3. The van der Waals surface area contributed by atoms with Crippen LogP contribution < -0.4 is 10.2 Å². The fourth-order valence-electron chi connectivity index (χ4n) is 3.04. The molecule has 0 unspecified atom stereocenters. The number of rotatable bonds is 3. The lowest BCUT2D eigenvalue weighted by atomic mass is 10.0. The molecule has 3 rings (SSSR count). The Labute approximate surface area is 132 Å².